The maximum atomic E-state index is 13.9. The third-order valence-electron chi connectivity index (χ3n) is 6.64. The van der Waals surface area contributed by atoms with E-state index in [4.69, 9.17) is 9.47 Å². The van der Waals surface area contributed by atoms with Crippen LogP contribution >= 0.6 is 0 Å². The summed E-state index contributed by atoms with van der Waals surface area (Å²) in [5, 5.41) is 0. The van der Waals surface area contributed by atoms with E-state index in [2.05, 4.69) is 42.2 Å². The van der Waals surface area contributed by atoms with Crippen LogP contribution in [0.1, 0.15) is 55.3 Å². The summed E-state index contributed by atoms with van der Waals surface area (Å²) >= 11 is 0. The summed E-state index contributed by atoms with van der Waals surface area (Å²) in [6.45, 7) is 2.88. The van der Waals surface area contributed by atoms with Crippen LogP contribution in [-0.4, -0.2) is 31.6 Å². The molecule has 28 heavy (non-hydrogen) atoms. The van der Waals surface area contributed by atoms with Gasteiger partial charge in [0, 0.05) is 6.54 Å². The van der Waals surface area contributed by atoms with Gasteiger partial charge in [0.15, 0.2) is 11.5 Å². The zero-order valence-corrected chi connectivity index (χ0v) is 17.0. The van der Waals surface area contributed by atoms with E-state index in [0.717, 1.165) is 50.1 Å². The number of rotatable bonds is 4. The number of hydrogen-bond donors (Lipinski definition) is 0. The summed E-state index contributed by atoms with van der Waals surface area (Å²) in [5.41, 5.74) is 3.21. The Balaban J connectivity index is 1.69. The molecular weight excluding hydrogens is 350 g/mol. The predicted molar refractivity (Wildman–Crippen MR) is 110 cm³/mol. The van der Waals surface area contributed by atoms with Crippen LogP contribution in [0.25, 0.3) is 0 Å². The van der Waals surface area contributed by atoms with E-state index in [1.165, 1.54) is 16.7 Å². The summed E-state index contributed by atoms with van der Waals surface area (Å²) in [5.74, 6) is 1.76. The van der Waals surface area contributed by atoms with Gasteiger partial charge in [-0.1, -0.05) is 43.2 Å². The lowest BCUT2D eigenvalue weighted by atomic mass is 9.76. The molecule has 2 aromatic carbocycles. The average Bonchev–Trinajstić information content (AvgIpc) is 3.24. The van der Waals surface area contributed by atoms with Gasteiger partial charge in [0.1, 0.15) is 0 Å². The van der Waals surface area contributed by atoms with Gasteiger partial charge in [-0.3, -0.25) is 4.79 Å². The van der Waals surface area contributed by atoms with Crippen molar-refractivity contribution in [1.82, 2.24) is 4.90 Å². The SMILES string of the molecule is COc1cc2c(cc1OC)C(C)N(C(=O)C1(c3ccccc3)CCCC1)CC2. The molecule has 1 saturated carbocycles. The zero-order chi connectivity index (χ0) is 19.7. The molecule has 4 rings (SSSR count). The van der Waals surface area contributed by atoms with Crippen molar-refractivity contribution >= 4 is 5.91 Å². The normalized spacial score (nSPS) is 20.5. The Kier molecular flexibility index (Phi) is 5.05. The summed E-state index contributed by atoms with van der Waals surface area (Å²) in [6, 6.07) is 14.5. The highest BCUT2D eigenvalue weighted by Gasteiger charge is 2.46. The molecule has 0 N–H and O–H groups in total. The first-order valence-corrected chi connectivity index (χ1v) is 10.2. The number of hydrogen-bond acceptors (Lipinski definition) is 3. The van der Waals surface area contributed by atoms with Gasteiger partial charge in [0.05, 0.1) is 25.7 Å². The fraction of sp³-hybridized carbons (Fsp3) is 0.458. The van der Waals surface area contributed by atoms with Gasteiger partial charge in [0.25, 0.3) is 0 Å². The Morgan fingerprint density at radius 3 is 2.32 bits per heavy atom. The van der Waals surface area contributed by atoms with E-state index in [1.54, 1.807) is 14.2 Å². The highest BCUT2D eigenvalue weighted by Crippen LogP contribution is 2.45. The van der Waals surface area contributed by atoms with Gasteiger partial charge in [-0.2, -0.15) is 0 Å². The number of carbonyl (C=O) groups is 1. The fourth-order valence-corrected chi connectivity index (χ4v) is 5.06. The first kappa shape index (κ1) is 18.9. The molecule has 0 radical (unpaired) electrons. The molecule has 1 heterocycles. The molecule has 1 unspecified atom stereocenters. The molecule has 2 aromatic rings. The topological polar surface area (TPSA) is 38.8 Å². The summed E-state index contributed by atoms with van der Waals surface area (Å²) in [6.07, 6.45) is 4.96. The maximum Gasteiger partial charge on any atom is 0.233 e. The largest absolute Gasteiger partial charge is 0.493 e. The van der Waals surface area contributed by atoms with Crippen molar-refractivity contribution in [3.05, 3.63) is 59.2 Å². The molecule has 0 spiro atoms. The van der Waals surface area contributed by atoms with Crippen LogP contribution in [0.4, 0.5) is 0 Å². The van der Waals surface area contributed by atoms with Crippen LogP contribution in [0.2, 0.25) is 0 Å². The van der Waals surface area contributed by atoms with E-state index >= 15 is 0 Å². The molecule has 1 fully saturated rings. The zero-order valence-electron chi connectivity index (χ0n) is 17.0. The van der Waals surface area contributed by atoms with Gasteiger partial charge in [-0.15, -0.1) is 0 Å². The molecule has 0 saturated heterocycles. The van der Waals surface area contributed by atoms with Crippen molar-refractivity contribution in [2.45, 2.75) is 50.5 Å². The van der Waals surface area contributed by atoms with Crippen LogP contribution in [0.5, 0.6) is 11.5 Å². The number of benzene rings is 2. The molecule has 0 bridgehead atoms. The third kappa shape index (κ3) is 2.95. The summed E-state index contributed by atoms with van der Waals surface area (Å²) in [7, 11) is 3.32. The summed E-state index contributed by atoms with van der Waals surface area (Å²) in [4.78, 5) is 16.0. The Hall–Kier alpha value is -2.49. The predicted octanol–water partition coefficient (Wildman–Crippen LogP) is 4.66. The van der Waals surface area contributed by atoms with Gasteiger partial charge < -0.3 is 14.4 Å². The molecule has 2 aliphatic rings. The second-order valence-corrected chi connectivity index (χ2v) is 7.99. The number of amides is 1. The van der Waals surface area contributed by atoms with Crippen molar-refractivity contribution in [3.63, 3.8) is 0 Å². The molecule has 1 atom stereocenters. The standard InChI is InChI=1S/C24H29NO3/c1-17-20-16-22(28-3)21(27-2)15-18(20)11-14-25(17)23(26)24(12-7-8-13-24)19-9-5-4-6-10-19/h4-6,9-10,15-17H,7-8,11-14H2,1-3H3. The number of fused-ring (bicyclic) bond motifs is 1. The highest BCUT2D eigenvalue weighted by atomic mass is 16.5. The maximum absolute atomic E-state index is 13.9. The first-order chi connectivity index (χ1) is 13.6. The lowest BCUT2D eigenvalue weighted by Crippen LogP contribution is -2.48. The molecule has 4 nitrogen and oxygen atoms in total. The highest BCUT2D eigenvalue weighted by molar-refractivity contribution is 5.89. The lowest BCUT2D eigenvalue weighted by Gasteiger charge is -2.41. The lowest BCUT2D eigenvalue weighted by molar-refractivity contribution is -0.140. The molecule has 148 valence electrons. The smallest absolute Gasteiger partial charge is 0.233 e. The molecule has 1 aliphatic carbocycles. The minimum absolute atomic E-state index is 0.0252. The van der Waals surface area contributed by atoms with Crippen molar-refractivity contribution in [2.24, 2.45) is 0 Å². The van der Waals surface area contributed by atoms with Gasteiger partial charge in [-0.05, 0) is 55.0 Å². The molecule has 4 heteroatoms. The number of carbonyl (C=O) groups excluding carboxylic acids is 1. The first-order valence-electron chi connectivity index (χ1n) is 10.2. The fourth-order valence-electron chi connectivity index (χ4n) is 5.06. The Morgan fingerprint density at radius 1 is 1.04 bits per heavy atom. The van der Waals surface area contributed by atoms with E-state index in [1.807, 2.05) is 12.1 Å². The van der Waals surface area contributed by atoms with Crippen LogP contribution < -0.4 is 9.47 Å². The van der Waals surface area contributed by atoms with Gasteiger partial charge in [-0.25, -0.2) is 0 Å². The van der Waals surface area contributed by atoms with E-state index in [-0.39, 0.29) is 17.4 Å². The van der Waals surface area contributed by atoms with Crippen molar-refractivity contribution < 1.29 is 14.3 Å². The number of ether oxygens (including phenoxy) is 2. The van der Waals surface area contributed by atoms with E-state index in [0.29, 0.717) is 0 Å². The minimum atomic E-state index is -0.371. The molecule has 0 aromatic heterocycles. The number of nitrogens with zero attached hydrogens (tertiary/aromatic N) is 1. The van der Waals surface area contributed by atoms with Crippen LogP contribution in [-0.2, 0) is 16.6 Å². The van der Waals surface area contributed by atoms with E-state index < -0.39 is 0 Å². The number of methoxy groups -OCH3 is 2. The van der Waals surface area contributed by atoms with Crippen LogP contribution in [0, 0.1) is 0 Å². The molecular formula is C24H29NO3. The van der Waals surface area contributed by atoms with Crippen molar-refractivity contribution in [1.29, 1.82) is 0 Å². The Bertz CT molecular complexity index is 856. The molecule has 1 amide bonds. The van der Waals surface area contributed by atoms with Gasteiger partial charge in [0.2, 0.25) is 5.91 Å². The third-order valence-corrected chi connectivity index (χ3v) is 6.64. The summed E-state index contributed by atoms with van der Waals surface area (Å²) < 4.78 is 11.0. The van der Waals surface area contributed by atoms with Crippen LogP contribution in [0.3, 0.4) is 0 Å². The second-order valence-electron chi connectivity index (χ2n) is 7.99. The minimum Gasteiger partial charge on any atom is -0.493 e. The van der Waals surface area contributed by atoms with Crippen molar-refractivity contribution in [3.8, 4) is 11.5 Å². The quantitative estimate of drug-likeness (QED) is 0.775. The van der Waals surface area contributed by atoms with E-state index in [9.17, 15) is 4.79 Å². The average molecular weight is 380 g/mol. The van der Waals surface area contributed by atoms with Crippen LogP contribution in [0.15, 0.2) is 42.5 Å². The second kappa shape index (κ2) is 7.50. The van der Waals surface area contributed by atoms with Crippen molar-refractivity contribution in [2.75, 3.05) is 20.8 Å². The molecule has 1 aliphatic heterocycles. The monoisotopic (exact) mass is 379 g/mol. The van der Waals surface area contributed by atoms with Gasteiger partial charge >= 0.3 is 0 Å². The Morgan fingerprint density at radius 2 is 1.68 bits per heavy atom. The Labute approximate surface area is 167 Å².